The van der Waals surface area contributed by atoms with E-state index < -0.39 is 0 Å². The van der Waals surface area contributed by atoms with E-state index in [2.05, 4.69) is 31.4 Å². The molecule has 2 aromatic carbocycles. The second kappa shape index (κ2) is 5.73. The van der Waals surface area contributed by atoms with Crippen LogP contribution in [0.5, 0.6) is 0 Å². The fraction of sp³-hybridized carbons (Fsp3) is 0.294. The fourth-order valence-corrected chi connectivity index (χ4v) is 2.51. The second-order valence-electron chi connectivity index (χ2n) is 5.42. The van der Waals surface area contributed by atoms with Gasteiger partial charge in [-0.05, 0) is 61.6 Å². The van der Waals surface area contributed by atoms with Gasteiger partial charge in [-0.15, -0.1) is 0 Å². The molecule has 3 N–H and O–H groups in total. The third-order valence-electron chi connectivity index (χ3n) is 3.83. The topological polar surface area (TPSA) is 38.0 Å². The first-order valence-electron chi connectivity index (χ1n) is 6.74. The summed E-state index contributed by atoms with van der Waals surface area (Å²) in [6.07, 6.45) is 0. The van der Waals surface area contributed by atoms with Crippen LogP contribution < -0.4 is 11.3 Å². The van der Waals surface area contributed by atoms with E-state index in [9.17, 15) is 4.39 Å². The number of aryl methyl sites for hydroxylation is 4. The third-order valence-corrected chi connectivity index (χ3v) is 3.83. The molecule has 0 amide bonds. The zero-order valence-corrected chi connectivity index (χ0v) is 12.4. The molecule has 0 radical (unpaired) electrons. The number of hydrazine groups is 1. The van der Waals surface area contributed by atoms with E-state index in [1.807, 2.05) is 19.9 Å². The normalized spacial score (nSPS) is 12.5. The monoisotopic (exact) mass is 272 g/mol. The molecule has 0 heterocycles. The van der Waals surface area contributed by atoms with Gasteiger partial charge in [0.2, 0.25) is 0 Å². The number of hydrogen-bond acceptors (Lipinski definition) is 2. The molecule has 0 bridgehead atoms. The van der Waals surface area contributed by atoms with Crippen molar-refractivity contribution in [2.24, 2.45) is 5.84 Å². The Morgan fingerprint density at radius 2 is 1.55 bits per heavy atom. The van der Waals surface area contributed by atoms with E-state index in [4.69, 9.17) is 5.84 Å². The Bertz CT molecular complexity index is 635. The van der Waals surface area contributed by atoms with Crippen molar-refractivity contribution >= 4 is 0 Å². The van der Waals surface area contributed by atoms with E-state index in [1.54, 1.807) is 6.07 Å². The summed E-state index contributed by atoms with van der Waals surface area (Å²) < 4.78 is 14.2. The van der Waals surface area contributed by atoms with Crippen molar-refractivity contribution in [3.8, 4) is 0 Å². The largest absolute Gasteiger partial charge is 0.271 e. The minimum atomic E-state index is -0.338. The molecule has 2 rings (SSSR count). The maximum Gasteiger partial charge on any atom is 0.128 e. The molecule has 1 unspecified atom stereocenters. The summed E-state index contributed by atoms with van der Waals surface area (Å²) in [5.74, 6) is 5.45. The molecule has 20 heavy (non-hydrogen) atoms. The Morgan fingerprint density at radius 1 is 0.900 bits per heavy atom. The van der Waals surface area contributed by atoms with Gasteiger partial charge in [-0.3, -0.25) is 5.84 Å². The van der Waals surface area contributed by atoms with Crippen molar-refractivity contribution in [1.29, 1.82) is 0 Å². The van der Waals surface area contributed by atoms with Gasteiger partial charge >= 0.3 is 0 Å². The number of benzene rings is 2. The van der Waals surface area contributed by atoms with E-state index in [0.29, 0.717) is 5.56 Å². The molecule has 0 saturated heterocycles. The predicted octanol–water partition coefficient (Wildman–Crippen LogP) is 3.61. The first kappa shape index (κ1) is 14.7. The van der Waals surface area contributed by atoms with Crippen molar-refractivity contribution in [2.75, 3.05) is 0 Å². The van der Waals surface area contributed by atoms with Crippen LogP contribution in [-0.4, -0.2) is 0 Å². The number of halogens is 1. The van der Waals surface area contributed by atoms with Crippen molar-refractivity contribution in [3.05, 3.63) is 69.5 Å². The number of nitrogens with one attached hydrogen (secondary N) is 1. The van der Waals surface area contributed by atoms with Crippen LogP contribution in [0, 0.1) is 33.5 Å². The average molecular weight is 272 g/mol. The van der Waals surface area contributed by atoms with Crippen LogP contribution >= 0.6 is 0 Å². The summed E-state index contributed by atoms with van der Waals surface area (Å²) in [6, 6.07) is 9.09. The lowest BCUT2D eigenvalue weighted by Gasteiger charge is -2.21. The molecular formula is C17H21FN2. The van der Waals surface area contributed by atoms with Gasteiger partial charge in [-0.1, -0.05) is 24.3 Å². The van der Waals surface area contributed by atoms with Crippen LogP contribution in [0.25, 0.3) is 0 Å². The average Bonchev–Trinajstić information content (AvgIpc) is 2.38. The van der Waals surface area contributed by atoms with Crippen molar-refractivity contribution in [3.63, 3.8) is 0 Å². The first-order valence-corrected chi connectivity index (χ1v) is 6.74. The Balaban J connectivity index is 2.55. The van der Waals surface area contributed by atoms with Crippen molar-refractivity contribution < 1.29 is 4.39 Å². The summed E-state index contributed by atoms with van der Waals surface area (Å²) >= 11 is 0. The molecule has 0 fully saturated rings. The van der Waals surface area contributed by atoms with Crippen LogP contribution in [-0.2, 0) is 0 Å². The fourth-order valence-electron chi connectivity index (χ4n) is 2.51. The zero-order chi connectivity index (χ0) is 14.9. The van der Waals surface area contributed by atoms with E-state index in [-0.39, 0.29) is 11.9 Å². The summed E-state index contributed by atoms with van der Waals surface area (Å²) in [4.78, 5) is 0. The molecule has 3 heteroatoms. The molecule has 2 nitrogen and oxygen atoms in total. The highest BCUT2D eigenvalue weighted by Crippen LogP contribution is 2.28. The van der Waals surface area contributed by atoms with Crippen LogP contribution in [0.4, 0.5) is 4.39 Å². The van der Waals surface area contributed by atoms with E-state index in [1.165, 1.54) is 17.2 Å². The lowest BCUT2D eigenvalue weighted by molar-refractivity contribution is 0.558. The molecule has 2 aromatic rings. The number of nitrogens with two attached hydrogens (primary N) is 1. The van der Waals surface area contributed by atoms with Gasteiger partial charge in [0, 0.05) is 5.56 Å². The molecule has 0 aliphatic heterocycles. The minimum absolute atomic E-state index is 0.231. The summed E-state index contributed by atoms with van der Waals surface area (Å²) in [6.45, 7) is 8.03. The molecule has 0 aromatic heterocycles. The molecule has 1 atom stereocenters. The number of rotatable bonds is 3. The first-order chi connectivity index (χ1) is 9.43. The van der Waals surface area contributed by atoms with Crippen LogP contribution in [0.15, 0.2) is 30.3 Å². The summed E-state index contributed by atoms with van der Waals surface area (Å²) in [7, 11) is 0. The van der Waals surface area contributed by atoms with Gasteiger partial charge in [0.05, 0.1) is 6.04 Å². The van der Waals surface area contributed by atoms with Crippen LogP contribution in [0.2, 0.25) is 0 Å². The van der Waals surface area contributed by atoms with E-state index >= 15 is 0 Å². The Labute approximate surface area is 119 Å². The van der Waals surface area contributed by atoms with E-state index in [0.717, 1.165) is 16.7 Å². The smallest absolute Gasteiger partial charge is 0.128 e. The SMILES string of the molecule is Cc1ccc(C(NN)c2cc(C)c(C)cc2C)c(F)c1. The van der Waals surface area contributed by atoms with Gasteiger partial charge in [0.1, 0.15) is 5.82 Å². The quantitative estimate of drug-likeness (QED) is 0.661. The molecule has 0 aliphatic carbocycles. The van der Waals surface area contributed by atoms with Gasteiger partial charge in [-0.25, -0.2) is 9.82 Å². The minimum Gasteiger partial charge on any atom is -0.271 e. The molecule has 106 valence electrons. The van der Waals surface area contributed by atoms with Gasteiger partial charge < -0.3 is 0 Å². The molecule has 0 aliphatic rings. The Morgan fingerprint density at radius 3 is 2.15 bits per heavy atom. The lowest BCUT2D eigenvalue weighted by atomic mass is 9.91. The zero-order valence-electron chi connectivity index (χ0n) is 12.4. The van der Waals surface area contributed by atoms with Gasteiger partial charge in [-0.2, -0.15) is 0 Å². The van der Waals surface area contributed by atoms with Crippen molar-refractivity contribution in [1.82, 2.24) is 5.43 Å². The Kier molecular flexibility index (Phi) is 4.21. The van der Waals surface area contributed by atoms with Crippen molar-refractivity contribution in [2.45, 2.75) is 33.7 Å². The lowest BCUT2D eigenvalue weighted by Crippen LogP contribution is -2.30. The van der Waals surface area contributed by atoms with Crippen LogP contribution in [0.1, 0.15) is 39.4 Å². The Hall–Kier alpha value is -1.71. The molecular weight excluding hydrogens is 251 g/mol. The third kappa shape index (κ3) is 2.74. The predicted molar refractivity (Wildman–Crippen MR) is 81.0 cm³/mol. The maximum atomic E-state index is 14.2. The highest BCUT2D eigenvalue weighted by Gasteiger charge is 2.19. The van der Waals surface area contributed by atoms with Crippen LogP contribution in [0.3, 0.4) is 0 Å². The van der Waals surface area contributed by atoms with Gasteiger partial charge in [0.15, 0.2) is 0 Å². The highest BCUT2D eigenvalue weighted by molar-refractivity contribution is 5.43. The van der Waals surface area contributed by atoms with Gasteiger partial charge in [0.25, 0.3) is 0 Å². The standard InChI is InChI=1S/C17H21FN2/c1-10-5-6-14(16(18)7-10)17(20-19)15-9-12(3)11(2)8-13(15)4/h5-9,17,20H,19H2,1-4H3. The number of hydrogen-bond donors (Lipinski definition) is 2. The molecule has 0 spiro atoms. The summed E-state index contributed by atoms with van der Waals surface area (Å²) in [5.41, 5.74) is 8.74. The second-order valence-corrected chi connectivity index (χ2v) is 5.42. The highest BCUT2D eigenvalue weighted by atomic mass is 19.1. The molecule has 0 saturated carbocycles. The summed E-state index contributed by atoms with van der Waals surface area (Å²) in [5, 5.41) is 0. The maximum absolute atomic E-state index is 14.2.